The van der Waals surface area contributed by atoms with Gasteiger partial charge in [-0.3, -0.25) is 14.6 Å². The molecule has 0 bridgehead atoms. The molecule has 2 heterocycles. The minimum atomic E-state index is -0.635. The van der Waals surface area contributed by atoms with E-state index in [1.807, 2.05) is 24.8 Å². The molecule has 148 valence electrons. The van der Waals surface area contributed by atoms with E-state index in [-0.39, 0.29) is 18.0 Å². The molecular weight excluding hydrogens is 338 g/mol. The molecule has 0 radical (unpaired) electrons. The summed E-state index contributed by atoms with van der Waals surface area (Å²) in [5, 5.41) is 0. The Balaban J connectivity index is 1.75. The number of nitrogens with zero attached hydrogens (tertiary/aromatic N) is 3. The van der Waals surface area contributed by atoms with Gasteiger partial charge < -0.3 is 4.90 Å². The predicted octanol–water partition coefficient (Wildman–Crippen LogP) is 3.74. The third-order valence-corrected chi connectivity index (χ3v) is 5.95. The summed E-state index contributed by atoms with van der Waals surface area (Å²) in [6.45, 7) is 11.5. The van der Waals surface area contributed by atoms with Crippen molar-refractivity contribution in [2.75, 3.05) is 19.6 Å². The highest BCUT2D eigenvalue weighted by molar-refractivity contribution is 6.07. The summed E-state index contributed by atoms with van der Waals surface area (Å²) in [6, 6.07) is 10.3. The van der Waals surface area contributed by atoms with E-state index in [0.717, 1.165) is 38.9 Å². The quantitative estimate of drug-likeness (QED) is 0.716. The van der Waals surface area contributed by atoms with Gasteiger partial charge in [-0.25, -0.2) is 4.79 Å². The fraction of sp³-hybridized carbons (Fsp3) is 0.636. The second-order valence-corrected chi connectivity index (χ2v) is 8.68. The maximum atomic E-state index is 13.3. The van der Waals surface area contributed by atoms with Crippen LogP contribution in [0.25, 0.3) is 0 Å². The van der Waals surface area contributed by atoms with Crippen LogP contribution in [0.4, 0.5) is 4.79 Å². The fourth-order valence-corrected chi connectivity index (χ4v) is 4.30. The van der Waals surface area contributed by atoms with Crippen molar-refractivity contribution in [3.63, 3.8) is 0 Å². The number of rotatable bonds is 6. The topological polar surface area (TPSA) is 43.9 Å². The molecule has 5 nitrogen and oxygen atoms in total. The molecule has 1 aromatic rings. The molecule has 1 aromatic carbocycles. The van der Waals surface area contributed by atoms with Crippen molar-refractivity contribution in [2.24, 2.45) is 5.92 Å². The first-order chi connectivity index (χ1) is 12.8. The van der Waals surface area contributed by atoms with Gasteiger partial charge in [0.2, 0.25) is 0 Å². The number of carbonyl (C=O) groups is 2. The molecular formula is C22H33N3O2. The lowest BCUT2D eigenvalue weighted by molar-refractivity contribution is -0.136. The number of carbonyl (C=O) groups excluding carboxylic acids is 2. The Kier molecular flexibility index (Phi) is 5.89. The molecule has 0 aliphatic carbocycles. The van der Waals surface area contributed by atoms with E-state index in [4.69, 9.17) is 0 Å². The summed E-state index contributed by atoms with van der Waals surface area (Å²) in [6.07, 6.45) is 2.39. The van der Waals surface area contributed by atoms with Crippen LogP contribution in [-0.2, 0) is 11.3 Å². The van der Waals surface area contributed by atoms with Gasteiger partial charge in [0.25, 0.3) is 5.91 Å². The van der Waals surface area contributed by atoms with Crippen LogP contribution in [0.3, 0.4) is 0 Å². The van der Waals surface area contributed by atoms with Crippen LogP contribution in [0, 0.1) is 5.92 Å². The van der Waals surface area contributed by atoms with Crippen LogP contribution in [-0.4, -0.2) is 57.9 Å². The van der Waals surface area contributed by atoms with Crippen molar-refractivity contribution in [1.82, 2.24) is 14.7 Å². The van der Waals surface area contributed by atoms with Crippen LogP contribution < -0.4 is 0 Å². The molecule has 3 amide bonds. The molecule has 0 aromatic heterocycles. The smallest absolute Gasteiger partial charge is 0.309 e. The molecule has 5 heteroatoms. The molecule has 0 unspecified atom stereocenters. The predicted molar refractivity (Wildman–Crippen MR) is 107 cm³/mol. The van der Waals surface area contributed by atoms with Crippen LogP contribution in [0.5, 0.6) is 0 Å². The molecule has 0 saturated carbocycles. The molecule has 2 aliphatic rings. The number of piperidine rings is 1. The van der Waals surface area contributed by atoms with E-state index >= 15 is 0 Å². The average Bonchev–Trinajstić information content (AvgIpc) is 2.83. The zero-order chi connectivity index (χ0) is 19.6. The third kappa shape index (κ3) is 3.88. The van der Waals surface area contributed by atoms with E-state index < -0.39 is 5.54 Å². The van der Waals surface area contributed by atoms with Crippen molar-refractivity contribution in [2.45, 2.75) is 65.1 Å². The largest absolute Gasteiger partial charge is 0.327 e. The van der Waals surface area contributed by atoms with Crippen molar-refractivity contribution in [3.05, 3.63) is 35.9 Å². The Morgan fingerprint density at radius 1 is 1.00 bits per heavy atom. The van der Waals surface area contributed by atoms with Crippen molar-refractivity contribution < 1.29 is 9.59 Å². The maximum Gasteiger partial charge on any atom is 0.327 e. The minimum Gasteiger partial charge on any atom is -0.309 e. The summed E-state index contributed by atoms with van der Waals surface area (Å²) < 4.78 is 0. The number of urea groups is 1. The molecule has 0 N–H and O–H groups in total. The summed E-state index contributed by atoms with van der Waals surface area (Å²) in [7, 11) is 0. The lowest BCUT2D eigenvalue weighted by Gasteiger charge is -2.42. The molecule has 27 heavy (non-hydrogen) atoms. The number of imide groups is 1. The van der Waals surface area contributed by atoms with Gasteiger partial charge in [-0.2, -0.15) is 0 Å². The first-order valence-electron chi connectivity index (χ1n) is 10.3. The number of likely N-dealkylation sites (tertiary alicyclic amines) is 1. The molecule has 1 spiro atoms. The van der Waals surface area contributed by atoms with Gasteiger partial charge in [0.1, 0.15) is 5.54 Å². The highest BCUT2D eigenvalue weighted by atomic mass is 16.2. The van der Waals surface area contributed by atoms with Gasteiger partial charge in [0.15, 0.2) is 0 Å². The van der Waals surface area contributed by atoms with Gasteiger partial charge in [0, 0.05) is 32.2 Å². The van der Waals surface area contributed by atoms with Crippen molar-refractivity contribution >= 4 is 11.9 Å². The number of hydrogen-bond donors (Lipinski definition) is 0. The van der Waals surface area contributed by atoms with Gasteiger partial charge >= 0.3 is 6.03 Å². The Bertz CT molecular complexity index is 663. The Labute approximate surface area is 163 Å². The SMILES string of the molecule is CC(C)CCN1C(=O)N(C(C)C)C(=O)C12CCN(Cc1ccccc1)CC2. The standard InChI is InChI=1S/C22H33N3O2/c1-17(2)10-13-24-21(27)25(18(3)4)20(26)22(24)11-14-23(15-12-22)16-19-8-6-5-7-9-19/h5-9,17-18H,10-16H2,1-4H3. The van der Waals surface area contributed by atoms with Gasteiger partial charge in [-0.1, -0.05) is 44.2 Å². The van der Waals surface area contributed by atoms with Crippen LogP contribution in [0.15, 0.2) is 30.3 Å². The number of amides is 3. The minimum absolute atomic E-state index is 0.0191. The zero-order valence-electron chi connectivity index (χ0n) is 17.1. The second kappa shape index (κ2) is 8.01. The second-order valence-electron chi connectivity index (χ2n) is 8.68. The lowest BCUT2D eigenvalue weighted by Crippen LogP contribution is -2.56. The maximum absolute atomic E-state index is 13.3. The first-order valence-corrected chi connectivity index (χ1v) is 10.3. The number of benzene rings is 1. The number of hydrogen-bond acceptors (Lipinski definition) is 3. The average molecular weight is 372 g/mol. The van der Waals surface area contributed by atoms with E-state index in [2.05, 4.69) is 43.0 Å². The molecule has 3 rings (SSSR count). The van der Waals surface area contributed by atoms with Crippen LogP contribution in [0.1, 0.15) is 52.5 Å². The van der Waals surface area contributed by atoms with Gasteiger partial charge in [0.05, 0.1) is 0 Å². The monoisotopic (exact) mass is 371 g/mol. The van der Waals surface area contributed by atoms with Gasteiger partial charge in [-0.15, -0.1) is 0 Å². The highest BCUT2D eigenvalue weighted by Crippen LogP contribution is 2.38. The Hall–Kier alpha value is -1.88. The normalized spacial score (nSPS) is 20.5. The van der Waals surface area contributed by atoms with E-state index in [1.165, 1.54) is 10.5 Å². The van der Waals surface area contributed by atoms with E-state index in [0.29, 0.717) is 12.5 Å². The van der Waals surface area contributed by atoms with Gasteiger partial charge in [-0.05, 0) is 44.6 Å². The summed E-state index contributed by atoms with van der Waals surface area (Å²) in [5.41, 5.74) is 0.659. The third-order valence-electron chi connectivity index (χ3n) is 5.95. The summed E-state index contributed by atoms with van der Waals surface area (Å²) in [5.74, 6) is 0.529. The van der Waals surface area contributed by atoms with Crippen molar-refractivity contribution in [1.29, 1.82) is 0 Å². The molecule has 2 aliphatic heterocycles. The molecule has 2 saturated heterocycles. The highest BCUT2D eigenvalue weighted by Gasteiger charge is 2.58. The Morgan fingerprint density at radius 2 is 1.63 bits per heavy atom. The lowest BCUT2D eigenvalue weighted by atomic mass is 9.85. The summed E-state index contributed by atoms with van der Waals surface area (Å²) >= 11 is 0. The Morgan fingerprint density at radius 3 is 2.19 bits per heavy atom. The summed E-state index contributed by atoms with van der Waals surface area (Å²) in [4.78, 5) is 32.1. The van der Waals surface area contributed by atoms with E-state index in [9.17, 15) is 9.59 Å². The van der Waals surface area contributed by atoms with Crippen LogP contribution in [0.2, 0.25) is 0 Å². The van der Waals surface area contributed by atoms with Crippen LogP contribution >= 0.6 is 0 Å². The zero-order valence-corrected chi connectivity index (χ0v) is 17.1. The van der Waals surface area contributed by atoms with E-state index in [1.54, 1.807) is 0 Å². The molecule has 2 fully saturated rings. The molecule has 0 atom stereocenters. The first kappa shape index (κ1) is 19.9. The fourth-order valence-electron chi connectivity index (χ4n) is 4.30. The van der Waals surface area contributed by atoms with Crippen molar-refractivity contribution in [3.8, 4) is 0 Å².